The van der Waals surface area contributed by atoms with Crippen LogP contribution in [0.2, 0.25) is 0 Å². The predicted octanol–water partition coefficient (Wildman–Crippen LogP) is 28.5. The Morgan fingerprint density at radius 1 is 0.191 bits per heavy atom. The molecule has 21 rings (SSSR count). The van der Waals surface area contributed by atoms with E-state index in [2.05, 4.69) is 381 Å². The van der Waals surface area contributed by atoms with Crippen molar-refractivity contribution in [3.8, 4) is 11.1 Å². The molecule has 0 heteroatoms. The topological polar surface area (TPSA) is 0 Å². The second-order valence-corrected chi connectivity index (χ2v) is 29.0. The highest BCUT2D eigenvalue weighted by atomic mass is 14.3. The lowest BCUT2D eigenvalue weighted by Crippen LogP contribution is -2.05. The highest BCUT2D eigenvalue weighted by Gasteiger charge is 2.22. The van der Waals surface area contributed by atoms with Crippen LogP contribution in [0.5, 0.6) is 0 Å². The van der Waals surface area contributed by atoms with Gasteiger partial charge in [-0.1, -0.05) is 410 Å². The van der Waals surface area contributed by atoms with Crippen LogP contribution in [0.3, 0.4) is 0 Å². The molecule has 12 aromatic carbocycles. The minimum atomic E-state index is 0.997. The summed E-state index contributed by atoms with van der Waals surface area (Å²) in [6.45, 7) is 36.5. The molecule has 9 aliphatic carbocycles. The van der Waals surface area contributed by atoms with Crippen LogP contribution in [0.15, 0.2) is 392 Å². The molecule has 0 saturated heterocycles. The lowest BCUT2D eigenvalue weighted by Gasteiger charge is -2.21. The molecule has 0 amide bonds. The van der Waals surface area contributed by atoms with Crippen LogP contribution < -0.4 is 0 Å². The molecule has 0 radical (unpaired) electrons. The van der Waals surface area contributed by atoms with Crippen molar-refractivity contribution in [1.82, 2.24) is 0 Å². The Kier molecular flexibility index (Phi) is 25.2. The maximum atomic E-state index is 4.26. The number of hydrogen-bond acceptors (Lipinski definition) is 0. The quantitative estimate of drug-likeness (QED) is 0.133. The fraction of sp³-hybridized carbons (Fsp3) is 0.109. The van der Waals surface area contributed by atoms with E-state index in [4.69, 9.17) is 0 Å². The fourth-order valence-electron chi connectivity index (χ4n) is 15.6. The summed E-state index contributed by atoms with van der Waals surface area (Å²) in [5.74, 6) is 0. The van der Waals surface area contributed by atoms with E-state index < -0.39 is 0 Å². The number of aryl methyl sites for hydroxylation is 4. The van der Waals surface area contributed by atoms with Crippen molar-refractivity contribution in [2.24, 2.45) is 0 Å². The van der Waals surface area contributed by atoms with Gasteiger partial charge < -0.3 is 0 Å². The van der Waals surface area contributed by atoms with Crippen molar-refractivity contribution >= 4 is 57.2 Å². The van der Waals surface area contributed by atoms with Crippen molar-refractivity contribution < 1.29 is 0 Å². The Morgan fingerprint density at radius 2 is 0.564 bits per heavy atom. The Balaban J connectivity index is 0.000000109. The predicted molar refractivity (Wildman–Crippen MR) is 479 cm³/mol. The molecule has 0 nitrogen and oxygen atoms in total. The van der Waals surface area contributed by atoms with E-state index in [-0.39, 0.29) is 0 Å². The van der Waals surface area contributed by atoms with E-state index in [1.54, 1.807) is 0 Å². The van der Waals surface area contributed by atoms with E-state index in [0.29, 0.717) is 0 Å². The summed E-state index contributed by atoms with van der Waals surface area (Å²) < 4.78 is 0. The summed E-state index contributed by atoms with van der Waals surface area (Å²) in [7, 11) is 0. The third kappa shape index (κ3) is 18.6. The van der Waals surface area contributed by atoms with Gasteiger partial charge in [0.05, 0.1) is 0 Å². The average molecular weight is 1420 g/mol. The second kappa shape index (κ2) is 36.7. The van der Waals surface area contributed by atoms with E-state index in [1.165, 1.54) is 193 Å². The fourth-order valence-corrected chi connectivity index (χ4v) is 15.6. The first-order chi connectivity index (χ1) is 53.8. The molecular weight excluding hydrogens is 1320 g/mol. The first-order valence-electron chi connectivity index (χ1n) is 38.7. The molecular formula is C110H98. The third-order valence-corrected chi connectivity index (χ3v) is 21.6. The molecule has 0 N–H and O–H groups in total. The molecule has 0 heterocycles. The largest absolute Gasteiger partial charge is 0.0995 e. The molecule has 9 aliphatic rings. The van der Waals surface area contributed by atoms with Gasteiger partial charge >= 0.3 is 0 Å². The molecule has 0 saturated carbocycles. The van der Waals surface area contributed by atoms with E-state index in [9.17, 15) is 0 Å². The van der Waals surface area contributed by atoms with Gasteiger partial charge in [0.25, 0.3) is 0 Å². The normalized spacial score (nSPS) is 14.3. The number of benzene rings is 12. The Morgan fingerprint density at radius 3 is 1.10 bits per heavy atom. The van der Waals surface area contributed by atoms with Gasteiger partial charge in [-0.2, -0.15) is 0 Å². The van der Waals surface area contributed by atoms with E-state index >= 15 is 0 Å². The van der Waals surface area contributed by atoms with Crippen LogP contribution >= 0.6 is 0 Å². The van der Waals surface area contributed by atoms with Crippen molar-refractivity contribution in [2.75, 3.05) is 0 Å². The number of hydrogen-bond donors (Lipinski definition) is 0. The highest BCUT2D eigenvalue weighted by Crippen LogP contribution is 2.43. The molecule has 0 bridgehead atoms. The van der Waals surface area contributed by atoms with Crippen LogP contribution in [0.1, 0.15) is 148 Å². The SMILES string of the molecule is C=C1C=CCc2ccccc21.C=C1C=Cc2ccccc21.C=C1C=Cc2ccccc2C1.C=C1CC=Cc2ccccc21.C=C1CCCc2ccccc21.C=C1CCc2ccccc2C1.C=C1c2ccccc2-c2ccccc21.C=C1c2ccccc2CCc2ccccc21.C=C1c2ccccc2Cc2ccccc21. The maximum absolute atomic E-state index is 4.26. The van der Waals surface area contributed by atoms with Crippen molar-refractivity contribution in [3.63, 3.8) is 0 Å². The van der Waals surface area contributed by atoms with Gasteiger partial charge in [0.2, 0.25) is 0 Å². The molecule has 110 heavy (non-hydrogen) atoms. The lowest BCUT2D eigenvalue weighted by molar-refractivity contribution is 0.823. The summed E-state index contributed by atoms with van der Waals surface area (Å²) in [5, 5.41) is 0. The summed E-state index contributed by atoms with van der Waals surface area (Å²) >= 11 is 0. The lowest BCUT2D eigenvalue weighted by atomic mass is 9.83. The zero-order chi connectivity index (χ0) is 76.1. The molecule has 0 aliphatic heterocycles. The number of rotatable bonds is 0. The van der Waals surface area contributed by atoms with Crippen molar-refractivity contribution in [3.05, 3.63) is 514 Å². The van der Waals surface area contributed by atoms with Gasteiger partial charge in [0.15, 0.2) is 0 Å². The standard InChI is InChI=1S/C16H14.C15H12.C14H10.C11H12.2C11H10.C11H12.C11H10.C10H8/c1-12-15-8-4-2-6-13(15)10-11-14-7-3-5-9-16(12)14;1-11-14-8-4-2-6-12(14)10-13-7-3-5-9-15(11)13;1-10-11-6-2-4-8-13(11)14-9-5-3-7-12(10)14;3*1-9-5-4-7-10-6-2-3-8-11(9)10;2*1-9-6-7-10-4-2-3-5-11(10)8-9;1-8-6-7-9-4-2-3-5-10(8)9/h2-9H,1,10-11H2;2-9H,1,10H2;2-9H,1H2;2-3,6,8H,1,4-5,7H2;2-4,6-8H,1,5H2;2-6,8H,1,7H2;2-5H,1,6-8H2;2-7H,1,8H2;2-7H,1H2. The zero-order valence-corrected chi connectivity index (χ0v) is 63.7. The minimum Gasteiger partial charge on any atom is -0.0995 e. The smallest absolute Gasteiger partial charge is 0.00135 e. The van der Waals surface area contributed by atoms with Crippen LogP contribution in [0.25, 0.3) is 68.4 Å². The molecule has 0 unspecified atom stereocenters. The summed E-state index contributed by atoms with van der Waals surface area (Å²) in [6, 6.07) is 102. The molecule has 0 spiro atoms. The molecule has 538 valence electrons. The van der Waals surface area contributed by atoms with Crippen molar-refractivity contribution in [2.45, 2.75) is 77.0 Å². The Bertz CT molecular complexity index is 5460. The van der Waals surface area contributed by atoms with Gasteiger partial charge in [-0.05, 0) is 250 Å². The Labute approximate surface area is 655 Å². The van der Waals surface area contributed by atoms with Crippen LogP contribution in [-0.2, 0) is 51.4 Å². The van der Waals surface area contributed by atoms with Crippen LogP contribution in [0.4, 0.5) is 0 Å². The molecule has 0 atom stereocenters. The average Bonchev–Trinajstić information content (AvgIpc) is 1.57. The van der Waals surface area contributed by atoms with Crippen LogP contribution in [-0.4, -0.2) is 0 Å². The van der Waals surface area contributed by atoms with Gasteiger partial charge in [-0.25, -0.2) is 0 Å². The molecule has 0 aromatic heterocycles. The van der Waals surface area contributed by atoms with Gasteiger partial charge in [0.1, 0.15) is 0 Å². The third-order valence-electron chi connectivity index (χ3n) is 21.6. The minimum absolute atomic E-state index is 0.997. The molecule has 12 aromatic rings. The Hall–Kier alpha value is -12.7. The van der Waals surface area contributed by atoms with Gasteiger partial charge in [-0.3, -0.25) is 0 Å². The summed E-state index contributed by atoms with van der Waals surface area (Å²) in [6.07, 6.45) is 30.4. The zero-order valence-electron chi connectivity index (χ0n) is 63.7. The molecule has 0 fully saturated rings. The number of allylic oxidation sites excluding steroid dienone is 11. The first kappa shape index (κ1) is 75.5. The van der Waals surface area contributed by atoms with Crippen LogP contribution in [0, 0.1) is 0 Å². The van der Waals surface area contributed by atoms with E-state index in [1.807, 2.05) is 18.2 Å². The summed E-state index contributed by atoms with van der Waals surface area (Å²) in [5.41, 5.74) is 43.3. The van der Waals surface area contributed by atoms with Gasteiger partial charge in [0, 0.05) is 0 Å². The second-order valence-electron chi connectivity index (χ2n) is 29.0. The highest BCUT2D eigenvalue weighted by molar-refractivity contribution is 6.00. The van der Waals surface area contributed by atoms with Crippen molar-refractivity contribution in [1.29, 1.82) is 0 Å². The van der Waals surface area contributed by atoms with E-state index in [0.717, 1.165) is 67.2 Å². The van der Waals surface area contributed by atoms with Gasteiger partial charge in [-0.15, -0.1) is 0 Å². The monoisotopic (exact) mass is 1420 g/mol. The summed E-state index contributed by atoms with van der Waals surface area (Å²) in [4.78, 5) is 0. The first-order valence-corrected chi connectivity index (χ1v) is 38.7. The number of fused-ring (bicyclic) bond motifs is 13. The maximum Gasteiger partial charge on any atom is -0.00135 e.